The molecule has 2 atom stereocenters. The fourth-order valence-corrected chi connectivity index (χ4v) is 2.58. The molecule has 1 aliphatic rings. The molecule has 18 heavy (non-hydrogen) atoms. The Labute approximate surface area is 107 Å². The molecule has 0 saturated carbocycles. The summed E-state index contributed by atoms with van der Waals surface area (Å²) < 4.78 is 0. The van der Waals surface area contributed by atoms with Gasteiger partial charge in [-0.1, -0.05) is 25.1 Å². The number of hydrogen-bond donors (Lipinski definition) is 2. The van der Waals surface area contributed by atoms with E-state index >= 15 is 0 Å². The molecule has 0 aromatic heterocycles. The largest absolute Gasteiger partial charge is 0.393 e. The minimum Gasteiger partial charge on any atom is -0.393 e. The molecule has 4 nitrogen and oxygen atoms in total. The van der Waals surface area contributed by atoms with Crippen molar-refractivity contribution in [3.05, 3.63) is 29.8 Å². The minimum atomic E-state index is -1.58. The molecule has 1 aliphatic heterocycles. The monoisotopic (exact) mass is 249 g/mol. The average Bonchev–Trinajstić information content (AvgIpc) is 2.52. The Kier molecular flexibility index (Phi) is 3.41. The Morgan fingerprint density at radius 3 is 2.67 bits per heavy atom. The zero-order valence-corrected chi connectivity index (χ0v) is 10.8. The first kappa shape index (κ1) is 13.1. The number of fused-ring (bicyclic) bond motifs is 1. The SMILES string of the molecule is CCCN1C(=O)[C@@](O)(C[C@@H](C)O)c2ccccc21. The number of rotatable bonds is 4. The molecule has 0 bridgehead atoms. The summed E-state index contributed by atoms with van der Waals surface area (Å²) in [6.07, 6.45) is 0.127. The first-order chi connectivity index (χ1) is 8.50. The number of benzene rings is 1. The second-order valence-corrected chi connectivity index (χ2v) is 4.89. The molecule has 98 valence electrons. The summed E-state index contributed by atoms with van der Waals surface area (Å²) in [5.74, 6) is -0.327. The van der Waals surface area contributed by atoms with Crippen LogP contribution in [0.15, 0.2) is 24.3 Å². The predicted octanol–water partition coefficient (Wildman–Crippen LogP) is 1.40. The Bertz CT molecular complexity index is 458. The number of amides is 1. The van der Waals surface area contributed by atoms with Crippen molar-refractivity contribution in [3.63, 3.8) is 0 Å². The zero-order valence-electron chi connectivity index (χ0n) is 10.8. The van der Waals surface area contributed by atoms with Crippen molar-refractivity contribution in [2.75, 3.05) is 11.4 Å². The quantitative estimate of drug-likeness (QED) is 0.848. The summed E-state index contributed by atoms with van der Waals surface area (Å²) in [7, 11) is 0. The number of para-hydroxylation sites is 1. The number of anilines is 1. The van der Waals surface area contributed by atoms with E-state index in [1.807, 2.05) is 19.1 Å². The van der Waals surface area contributed by atoms with E-state index in [9.17, 15) is 15.0 Å². The van der Waals surface area contributed by atoms with Gasteiger partial charge in [0.1, 0.15) is 0 Å². The standard InChI is InChI=1S/C14H19NO3/c1-3-8-15-12-7-5-4-6-11(12)14(18,13(15)17)9-10(2)16/h4-7,10,16,18H,3,8-9H2,1-2H3/t10-,14-/m1/s1. The molecule has 2 N–H and O–H groups in total. The van der Waals surface area contributed by atoms with Crippen LogP contribution in [0.25, 0.3) is 0 Å². The lowest BCUT2D eigenvalue weighted by Crippen LogP contribution is -2.42. The lowest BCUT2D eigenvalue weighted by molar-refractivity contribution is -0.139. The highest BCUT2D eigenvalue weighted by molar-refractivity contribution is 6.06. The summed E-state index contributed by atoms with van der Waals surface area (Å²) in [6, 6.07) is 7.24. The second-order valence-electron chi connectivity index (χ2n) is 4.89. The molecule has 0 aliphatic carbocycles. The van der Waals surface area contributed by atoms with Crippen LogP contribution in [-0.2, 0) is 10.4 Å². The average molecular weight is 249 g/mol. The van der Waals surface area contributed by atoms with Crippen LogP contribution in [0.5, 0.6) is 0 Å². The van der Waals surface area contributed by atoms with Crippen molar-refractivity contribution < 1.29 is 15.0 Å². The van der Waals surface area contributed by atoms with Crippen LogP contribution < -0.4 is 4.90 Å². The topological polar surface area (TPSA) is 60.8 Å². The Balaban J connectivity index is 2.47. The van der Waals surface area contributed by atoms with E-state index in [-0.39, 0.29) is 12.3 Å². The van der Waals surface area contributed by atoms with Gasteiger partial charge in [-0.2, -0.15) is 0 Å². The normalized spacial score (nSPS) is 24.2. The van der Waals surface area contributed by atoms with E-state index in [2.05, 4.69) is 0 Å². The minimum absolute atomic E-state index is 0.0308. The van der Waals surface area contributed by atoms with E-state index in [4.69, 9.17) is 0 Å². The maximum Gasteiger partial charge on any atom is 0.263 e. The van der Waals surface area contributed by atoms with Gasteiger partial charge in [-0.05, 0) is 19.4 Å². The van der Waals surface area contributed by atoms with Crippen LogP contribution in [0.3, 0.4) is 0 Å². The number of nitrogens with zero attached hydrogens (tertiary/aromatic N) is 1. The first-order valence-corrected chi connectivity index (χ1v) is 6.32. The number of carbonyl (C=O) groups excluding carboxylic acids is 1. The van der Waals surface area contributed by atoms with Crippen molar-refractivity contribution in [3.8, 4) is 0 Å². The van der Waals surface area contributed by atoms with E-state index in [1.54, 1.807) is 24.0 Å². The molecule has 1 aromatic carbocycles. The fraction of sp³-hybridized carbons (Fsp3) is 0.500. The van der Waals surface area contributed by atoms with E-state index in [0.29, 0.717) is 12.1 Å². The van der Waals surface area contributed by atoms with Gasteiger partial charge < -0.3 is 15.1 Å². The fourth-order valence-electron chi connectivity index (χ4n) is 2.58. The van der Waals surface area contributed by atoms with Gasteiger partial charge in [0.05, 0.1) is 11.8 Å². The smallest absolute Gasteiger partial charge is 0.263 e. The second kappa shape index (κ2) is 4.71. The van der Waals surface area contributed by atoms with Gasteiger partial charge >= 0.3 is 0 Å². The van der Waals surface area contributed by atoms with Crippen LogP contribution in [0.2, 0.25) is 0 Å². The first-order valence-electron chi connectivity index (χ1n) is 6.32. The molecular weight excluding hydrogens is 230 g/mol. The molecule has 0 spiro atoms. The third-order valence-electron chi connectivity index (χ3n) is 3.28. The highest BCUT2D eigenvalue weighted by atomic mass is 16.3. The number of aliphatic hydroxyl groups excluding tert-OH is 1. The third-order valence-corrected chi connectivity index (χ3v) is 3.28. The highest BCUT2D eigenvalue weighted by Gasteiger charge is 2.49. The van der Waals surface area contributed by atoms with Gasteiger partial charge in [0.2, 0.25) is 0 Å². The molecule has 0 saturated heterocycles. The van der Waals surface area contributed by atoms with Crippen molar-refractivity contribution in [1.82, 2.24) is 0 Å². The van der Waals surface area contributed by atoms with Gasteiger partial charge in [0.25, 0.3) is 5.91 Å². The number of aliphatic hydroxyl groups is 2. The molecule has 4 heteroatoms. The molecule has 1 heterocycles. The summed E-state index contributed by atoms with van der Waals surface area (Å²) >= 11 is 0. The Morgan fingerprint density at radius 1 is 1.39 bits per heavy atom. The highest BCUT2D eigenvalue weighted by Crippen LogP contribution is 2.42. The maximum absolute atomic E-state index is 12.4. The van der Waals surface area contributed by atoms with E-state index in [0.717, 1.165) is 12.1 Å². The van der Waals surface area contributed by atoms with Gasteiger partial charge in [0, 0.05) is 18.5 Å². The third kappa shape index (κ3) is 1.91. The van der Waals surface area contributed by atoms with Crippen LogP contribution in [0, 0.1) is 0 Å². The maximum atomic E-state index is 12.4. The molecule has 0 unspecified atom stereocenters. The van der Waals surface area contributed by atoms with Crippen LogP contribution in [-0.4, -0.2) is 28.8 Å². The molecule has 1 aromatic rings. The molecule has 0 radical (unpaired) electrons. The van der Waals surface area contributed by atoms with Crippen molar-refractivity contribution >= 4 is 11.6 Å². The summed E-state index contributed by atoms with van der Waals surface area (Å²) in [6.45, 7) is 4.15. The molecule has 1 amide bonds. The van der Waals surface area contributed by atoms with Gasteiger partial charge in [-0.15, -0.1) is 0 Å². The van der Waals surface area contributed by atoms with Gasteiger partial charge in [0.15, 0.2) is 5.60 Å². The van der Waals surface area contributed by atoms with E-state index in [1.165, 1.54) is 0 Å². The number of hydrogen-bond acceptors (Lipinski definition) is 3. The summed E-state index contributed by atoms with van der Waals surface area (Å²) in [4.78, 5) is 14.0. The molecule has 2 rings (SSSR count). The zero-order chi connectivity index (χ0) is 13.3. The lowest BCUT2D eigenvalue weighted by Gasteiger charge is -2.24. The summed E-state index contributed by atoms with van der Waals surface area (Å²) in [5, 5.41) is 20.1. The van der Waals surface area contributed by atoms with Crippen LogP contribution in [0.1, 0.15) is 32.3 Å². The van der Waals surface area contributed by atoms with E-state index < -0.39 is 11.7 Å². The molecule has 0 fully saturated rings. The van der Waals surface area contributed by atoms with Crippen LogP contribution >= 0.6 is 0 Å². The summed E-state index contributed by atoms with van der Waals surface area (Å²) in [5.41, 5.74) is -0.225. The van der Waals surface area contributed by atoms with Crippen molar-refractivity contribution in [2.24, 2.45) is 0 Å². The van der Waals surface area contributed by atoms with Crippen molar-refractivity contribution in [2.45, 2.75) is 38.4 Å². The Hall–Kier alpha value is -1.39. The van der Waals surface area contributed by atoms with Crippen molar-refractivity contribution in [1.29, 1.82) is 0 Å². The van der Waals surface area contributed by atoms with Gasteiger partial charge in [-0.3, -0.25) is 4.79 Å². The van der Waals surface area contributed by atoms with Gasteiger partial charge in [-0.25, -0.2) is 0 Å². The lowest BCUT2D eigenvalue weighted by atomic mass is 9.90. The molecular formula is C14H19NO3. The Morgan fingerprint density at radius 2 is 2.06 bits per heavy atom. The van der Waals surface area contributed by atoms with Crippen LogP contribution in [0.4, 0.5) is 5.69 Å². The predicted molar refractivity (Wildman–Crippen MR) is 69.3 cm³/mol. The number of carbonyl (C=O) groups is 1.